The monoisotopic (exact) mass is 741 g/mol. The van der Waals surface area contributed by atoms with Crippen LogP contribution in [0.5, 0.6) is 0 Å². The van der Waals surface area contributed by atoms with E-state index in [9.17, 15) is 19.0 Å². The number of carboxylic acid groups (broad SMARTS) is 1. The van der Waals surface area contributed by atoms with Gasteiger partial charge in [0.15, 0.2) is 0 Å². The van der Waals surface area contributed by atoms with Crippen LogP contribution in [0.4, 0.5) is 0 Å². The molecule has 3 unspecified atom stereocenters. The van der Waals surface area contributed by atoms with E-state index in [0.29, 0.717) is 13.0 Å². The fourth-order valence-corrected chi connectivity index (χ4v) is 5.79. The Morgan fingerprint density at radius 3 is 1.73 bits per heavy atom. The number of esters is 1. The number of allylic oxidation sites excluding steroid dienone is 8. The van der Waals surface area contributed by atoms with Gasteiger partial charge in [0.05, 0.1) is 19.8 Å². The highest BCUT2D eigenvalue weighted by Crippen LogP contribution is 2.43. The zero-order valence-corrected chi connectivity index (χ0v) is 32.8. The molecule has 0 aromatic carbocycles. The minimum Gasteiger partial charge on any atom is -0.480 e. The molecule has 0 heterocycles. The van der Waals surface area contributed by atoms with Crippen molar-refractivity contribution in [3.63, 3.8) is 0 Å². The topological polar surface area (TPSA) is 155 Å². The van der Waals surface area contributed by atoms with Crippen molar-refractivity contribution in [1.29, 1.82) is 0 Å². The average Bonchev–Trinajstić information content (AvgIpc) is 3.10. The molecule has 0 spiro atoms. The van der Waals surface area contributed by atoms with Gasteiger partial charge in [0, 0.05) is 13.0 Å². The van der Waals surface area contributed by atoms with Crippen LogP contribution < -0.4 is 5.73 Å². The molecule has 11 heteroatoms. The lowest BCUT2D eigenvalue weighted by atomic mass is 10.1. The highest BCUT2D eigenvalue weighted by molar-refractivity contribution is 7.47. The molecule has 0 bridgehead atoms. The van der Waals surface area contributed by atoms with Gasteiger partial charge >= 0.3 is 19.8 Å². The third-order valence-electron chi connectivity index (χ3n) is 8.09. The number of carbonyl (C=O) groups excluding carboxylic acids is 1. The summed E-state index contributed by atoms with van der Waals surface area (Å²) in [6.07, 6.45) is 40.2. The first-order valence-corrected chi connectivity index (χ1v) is 21.2. The van der Waals surface area contributed by atoms with Gasteiger partial charge in [0.2, 0.25) is 0 Å². The maximum Gasteiger partial charge on any atom is 0.472 e. The Bertz CT molecular complexity index is 998. The zero-order chi connectivity index (χ0) is 37.7. The maximum absolute atomic E-state index is 12.5. The van der Waals surface area contributed by atoms with E-state index >= 15 is 0 Å². The van der Waals surface area contributed by atoms with Crippen molar-refractivity contribution in [2.75, 3.05) is 26.4 Å². The Balaban J connectivity index is 4.27. The molecular formula is C40H72NO9P. The fourth-order valence-electron chi connectivity index (χ4n) is 5.01. The van der Waals surface area contributed by atoms with Gasteiger partial charge < -0.3 is 25.2 Å². The van der Waals surface area contributed by atoms with E-state index in [1.807, 2.05) is 0 Å². The van der Waals surface area contributed by atoms with Crippen LogP contribution in [0.2, 0.25) is 0 Å². The van der Waals surface area contributed by atoms with Gasteiger partial charge in [0.25, 0.3) is 0 Å². The Morgan fingerprint density at radius 2 is 1.14 bits per heavy atom. The number of ether oxygens (including phenoxy) is 2. The minimum atomic E-state index is -4.61. The zero-order valence-electron chi connectivity index (χ0n) is 31.9. The Kier molecular flexibility index (Phi) is 34.8. The van der Waals surface area contributed by atoms with Crippen LogP contribution in [0.25, 0.3) is 0 Å². The fraction of sp³-hybridized carbons (Fsp3) is 0.750. The number of rotatable bonds is 37. The molecule has 3 atom stereocenters. The van der Waals surface area contributed by atoms with E-state index in [4.69, 9.17) is 29.4 Å². The van der Waals surface area contributed by atoms with Crippen molar-refractivity contribution < 1.29 is 42.7 Å². The molecular weight excluding hydrogens is 669 g/mol. The predicted molar refractivity (Wildman–Crippen MR) is 208 cm³/mol. The molecule has 0 rings (SSSR count). The summed E-state index contributed by atoms with van der Waals surface area (Å²) in [5, 5.41) is 8.87. The Hall–Kier alpha value is -2.07. The smallest absolute Gasteiger partial charge is 0.472 e. The van der Waals surface area contributed by atoms with Gasteiger partial charge in [0.1, 0.15) is 12.1 Å². The van der Waals surface area contributed by atoms with E-state index < -0.39 is 45.1 Å². The van der Waals surface area contributed by atoms with Gasteiger partial charge in [-0.1, -0.05) is 133 Å². The summed E-state index contributed by atoms with van der Waals surface area (Å²) in [5.74, 6) is -1.80. The van der Waals surface area contributed by atoms with Crippen molar-refractivity contribution in [3.05, 3.63) is 48.6 Å². The van der Waals surface area contributed by atoms with Crippen LogP contribution in [0.1, 0.15) is 155 Å². The summed E-state index contributed by atoms with van der Waals surface area (Å²) in [6, 6.07) is -1.48. The number of unbranched alkanes of at least 4 members (excludes halogenated alkanes) is 15. The van der Waals surface area contributed by atoms with Crippen molar-refractivity contribution in [1.82, 2.24) is 0 Å². The quantitative estimate of drug-likeness (QED) is 0.0242. The first kappa shape index (κ1) is 48.9. The lowest BCUT2D eigenvalue weighted by molar-refractivity contribution is -0.154. The van der Waals surface area contributed by atoms with Gasteiger partial charge in [-0.2, -0.15) is 0 Å². The van der Waals surface area contributed by atoms with Gasteiger partial charge in [-0.25, -0.2) is 4.57 Å². The number of carboxylic acids is 1. The number of phosphoric acid groups is 1. The number of hydrogen-bond acceptors (Lipinski definition) is 8. The second kappa shape index (κ2) is 36.3. The summed E-state index contributed by atoms with van der Waals surface area (Å²) in [7, 11) is -4.61. The molecule has 296 valence electrons. The molecule has 0 aromatic heterocycles. The Morgan fingerprint density at radius 1 is 0.647 bits per heavy atom. The number of phosphoric ester groups is 1. The second-order valence-corrected chi connectivity index (χ2v) is 14.5. The van der Waals surface area contributed by atoms with Crippen LogP contribution in [0.15, 0.2) is 48.6 Å². The van der Waals surface area contributed by atoms with Crippen molar-refractivity contribution in [2.24, 2.45) is 5.73 Å². The molecule has 0 amide bonds. The van der Waals surface area contributed by atoms with Crippen LogP contribution >= 0.6 is 7.82 Å². The number of carbonyl (C=O) groups is 2. The van der Waals surface area contributed by atoms with Crippen molar-refractivity contribution >= 4 is 19.8 Å². The van der Waals surface area contributed by atoms with E-state index in [1.54, 1.807) is 0 Å². The van der Waals surface area contributed by atoms with Crippen LogP contribution in [0, 0.1) is 0 Å². The summed E-state index contributed by atoms with van der Waals surface area (Å²) in [4.78, 5) is 33.4. The average molecular weight is 742 g/mol. The number of nitrogens with two attached hydrogens (primary N) is 1. The first-order valence-electron chi connectivity index (χ1n) is 19.7. The van der Waals surface area contributed by atoms with Crippen molar-refractivity contribution in [3.8, 4) is 0 Å². The molecule has 0 saturated carbocycles. The molecule has 0 aliphatic heterocycles. The molecule has 0 aromatic rings. The molecule has 0 aliphatic rings. The molecule has 0 fully saturated rings. The number of aliphatic carboxylic acids is 1. The van der Waals surface area contributed by atoms with Crippen LogP contribution in [-0.4, -0.2) is 60.5 Å². The summed E-state index contributed by atoms with van der Waals surface area (Å²) in [5.41, 5.74) is 5.34. The van der Waals surface area contributed by atoms with E-state index in [1.165, 1.54) is 44.9 Å². The summed E-state index contributed by atoms with van der Waals surface area (Å²) < 4.78 is 33.2. The predicted octanol–water partition coefficient (Wildman–Crippen LogP) is 10.3. The largest absolute Gasteiger partial charge is 0.480 e. The normalized spacial score (nSPS) is 14.6. The standard InChI is InChI=1S/C40H72NO9P/c1-3-5-7-9-11-13-15-16-17-18-19-20-21-23-25-27-29-31-33-47-34-37(35-48-51(45,46)49-36-38(41)40(43)44)50-39(42)32-30-28-26-24-22-14-12-10-8-6-4-2/h5,7,10-13,16-17,37-38H,3-4,6,8-9,14-15,18-36,41H2,1-2H3,(H,43,44)(H,45,46)/b7-5-,12-10-,13-11-,17-16-. The Labute approximate surface area is 309 Å². The lowest BCUT2D eigenvalue weighted by Crippen LogP contribution is -2.34. The summed E-state index contributed by atoms with van der Waals surface area (Å²) >= 11 is 0. The lowest BCUT2D eigenvalue weighted by Gasteiger charge is -2.20. The molecule has 51 heavy (non-hydrogen) atoms. The van der Waals surface area contributed by atoms with E-state index in [0.717, 1.165) is 83.5 Å². The molecule has 10 nitrogen and oxygen atoms in total. The third kappa shape index (κ3) is 36.1. The molecule has 4 N–H and O–H groups in total. The maximum atomic E-state index is 12.5. The highest BCUT2D eigenvalue weighted by Gasteiger charge is 2.27. The minimum absolute atomic E-state index is 0.00713. The first-order chi connectivity index (χ1) is 24.7. The third-order valence-corrected chi connectivity index (χ3v) is 9.04. The van der Waals surface area contributed by atoms with Crippen LogP contribution in [-0.2, 0) is 32.7 Å². The van der Waals surface area contributed by atoms with Crippen molar-refractivity contribution in [2.45, 2.75) is 167 Å². The second-order valence-electron chi connectivity index (χ2n) is 13.0. The number of hydrogen-bond donors (Lipinski definition) is 3. The SMILES string of the molecule is CC/C=C\C/C=C\C/C=C\CCCCCCCCCCOCC(COP(=O)(O)OCC(N)C(=O)O)OC(=O)CCCCCCC/C=C\CCCC. The molecule has 0 saturated heterocycles. The van der Waals surface area contributed by atoms with Gasteiger partial charge in [-0.15, -0.1) is 0 Å². The summed E-state index contributed by atoms with van der Waals surface area (Å²) in [6.45, 7) is 3.68. The van der Waals surface area contributed by atoms with E-state index in [2.05, 4.69) is 62.5 Å². The van der Waals surface area contributed by atoms with Gasteiger partial charge in [-0.05, 0) is 64.2 Å². The molecule has 0 radical (unpaired) electrons. The van der Waals surface area contributed by atoms with Crippen LogP contribution in [0.3, 0.4) is 0 Å². The van der Waals surface area contributed by atoms with E-state index in [-0.39, 0.29) is 13.0 Å². The van der Waals surface area contributed by atoms with Gasteiger partial charge in [-0.3, -0.25) is 18.6 Å². The highest BCUT2D eigenvalue weighted by atomic mass is 31.2. The molecule has 0 aliphatic carbocycles.